The molecule has 2 aromatic carbocycles. The van der Waals surface area contributed by atoms with Crippen LogP contribution in [0.1, 0.15) is 24.8 Å². The summed E-state index contributed by atoms with van der Waals surface area (Å²) >= 11 is 3.53. The lowest BCUT2D eigenvalue weighted by atomic mass is 10.0. The summed E-state index contributed by atoms with van der Waals surface area (Å²) < 4.78 is 6.24. The first-order valence-electron chi connectivity index (χ1n) is 7.11. The van der Waals surface area contributed by atoms with Crippen molar-refractivity contribution in [1.29, 1.82) is 5.26 Å². The van der Waals surface area contributed by atoms with Gasteiger partial charge in [-0.25, -0.2) is 0 Å². The minimum Gasteiger partial charge on any atom is -0.478 e. The van der Waals surface area contributed by atoms with Crippen LogP contribution in [0.3, 0.4) is 0 Å². The lowest BCUT2D eigenvalue weighted by Gasteiger charge is -2.09. The molecule has 0 aliphatic heterocycles. The van der Waals surface area contributed by atoms with Gasteiger partial charge in [-0.2, -0.15) is 5.26 Å². The number of nitrogens with two attached hydrogens (primary N) is 1. The van der Waals surface area contributed by atoms with E-state index in [1.165, 1.54) is 5.56 Å². The normalized spacial score (nSPS) is 10.4. The summed E-state index contributed by atoms with van der Waals surface area (Å²) in [5, 5.41) is 10.8. The van der Waals surface area contributed by atoms with Crippen molar-refractivity contribution in [3.8, 4) is 11.8 Å². The topological polar surface area (TPSA) is 76.1 Å². The van der Waals surface area contributed by atoms with Crippen molar-refractivity contribution in [2.45, 2.75) is 25.7 Å². The number of rotatable bonds is 7. The largest absolute Gasteiger partial charge is 0.478 e. The number of aryl methyl sites for hydroxylation is 1. The van der Waals surface area contributed by atoms with Crippen LogP contribution in [0.25, 0.3) is 10.8 Å². The van der Waals surface area contributed by atoms with Crippen molar-refractivity contribution in [3.63, 3.8) is 0 Å². The van der Waals surface area contributed by atoms with Crippen LogP contribution in [-0.2, 0) is 11.2 Å². The minimum absolute atomic E-state index is 0.0298. The molecule has 0 saturated carbocycles. The zero-order valence-electron chi connectivity index (χ0n) is 12.1. The highest BCUT2D eigenvalue weighted by atomic mass is 79.9. The van der Waals surface area contributed by atoms with Crippen LogP contribution in [-0.4, -0.2) is 12.5 Å². The molecule has 0 saturated heterocycles. The number of benzene rings is 2. The molecule has 2 rings (SSSR count). The molecule has 1 amide bonds. The van der Waals surface area contributed by atoms with Gasteiger partial charge < -0.3 is 10.5 Å². The Morgan fingerprint density at radius 2 is 2.09 bits per heavy atom. The minimum atomic E-state index is -0.243. The second kappa shape index (κ2) is 7.81. The standard InChI is InChI=1S/C17H17BrN2O2/c18-17-14-7-5-12(3-1-2-4-16(20)21)11-13(14)6-8-15(17)22-10-9-19/h5-8,11H,1-4,10H2,(H2,20,21). The van der Waals surface area contributed by atoms with Crippen LogP contribution in [0.2, 0.25) is 0 Å². The SMILES string of the molecule is N#CCOc1ccc2cc(CCCCC(N)=O)ccc2c1Br. The Balaban J connectivity index is 2.11. The van der Waals surface area contributed by atoms with E-state index in [0.717, 1.165) is 34.5 Å². The smallest absolute Gasteiger partial charge is 0.217 e. The lowest BCUT2D eigenvalue weighted by molar-refractivity contribution is -0.118. The molecule has 2 aromatic rings. The molecule has 2 N–H and O–H groups in total. The molecule has 0 aromatic heterocycles. The molecule has 0 atom stereocenters. The zero-order chi connectivity index (χ0) is 15.9. The van der Waals surface area contributed by atoms with Crippen molar-refractivity contribution >= 4 is 32.6 Å². The van der Waals surface area contributed by atoms with Gasteiger partial charge in [-0.05, 0) is 57.6 Å². The fourth-order valence-corrected chi connectivity index (χ4v) is 2.93. The van der Waals surface area contributed by atoms with Gasteiger partial charge in [0.2, 0.25) is 5.91 Å². The maximum Gasteiger partial charge on any atom is 0.217 e. The van der Waals surface area contributed by atoms with Crippen molar-refractivity contribution < 1.29 is 9.53 Å². The van der Waals surface area contributed by atoms with Gasteiger partial charge in [0.25, 0.3) is 0 Å². The predicted molar refractivity (Wildman–Crippen MR) is 89.5 cm³/mol. The second-order valence-electron chi connectivity index (χ2n) is 5.05. The summed E-state index contributed by atoms with van der Waals surface area (Å²) in [6.07, 6.45) is 3.13. The number of amides is 1. The zero-order valence-corrected chi connectivity index (χ0v) is 13.7. The number of hydrogen-bond donors (Lipinski definition) is 1. The summed E-state index contributed by atoms with van der Waals surface area (Å²) in [6.45, 7) is 0.0298. The van der Waals surface area contributed by atoms with Gasteiger partial charge in [0.1, 0.15) is 11.8 Å². The van der Waals surface area contributed by atoms with Gasteiger partial charge in [0.15, 0.2) is 6.61 Å². The summed E-state index contributed by atoms with van der Waals surface area (Å²) in [7, 11) is 0. The number of unbranched alkanes of at least 4 members (excludes halogenated alkanes) is 1. The van der Waals surface area contributed by atoms with Crippen LogP contribution in [0.5, 0.6) is 5.75 Å². The van der Waals surface area contributed by atoms with E-state index in [-0.39, 0.29) is 12.5 Å². The molecule has 0 aliphatic carbocycles. The molecular formula is C17H17BrN2O2. The van der Waals surface area contributed by atoms with Gasteiger partial charge in [0.05, 0.1) is 4.47 Å². The molecule has 0 spiro atoms. The number of nitrogens with zero attached hydrogens (tertiary/aromatic N) is 1. The van der Waals surface area contributed by atoms with Gasteiger partial charge >= 0.3 is 0 Å². The average molecular weight is 361 g/mol. The Hall–Kier alpha value is -2.06. The van der Waals surface area contributed by atoms with E-state index in [1.807, 2.05) is 24.3 Å². The van der Waals surface area contributed by atoms with Crippen LogP contribution >= 0.6 is 15.9 Å². The highest BCUT2D eigenvalue weighted by Gasteiger charge is 2.07. The Bertz CT molecular complexity index is 722. The first kappa shape index (κ1) is 16.3. The molecule has 0 bridgehead atoms. The van der Waals surface area contributed by atoms with E-state index in [9.17, 15) is 4.79 Å². The summed E-state index contributed by atoms with van der Waals surface area (Å²) in [4.78, 5) is 10.7. The number of fused-ring (bicyclic) bond motifs is 1. The molecule has 22 heavy (non-hydrogen) atoms. The number of nitriles is 1. The van der Waals surface area contributed by atoms with Crippen molar-refractivity contribution in [2.24, 2.45) is 5.73 Å². The first-order chi connectivity index (χ1) is 10.6. The van der Waals surface area contributed by atoms with E-state index < -0.39 is 0 Å². The Morgan fingerprint density at radius 1 is 1.27 bits per heavy atom. The van der Waals surface area contributed by atoms with E-state index in [1.54, 1.807) is 0 Å². The molecule has 0 unspecified atom stereocenters. The van der Waals surface area contributed by atoms with Gasteiger partial charge in [-0.3, -0.25) is 4.79 Å². The van der Waals surface area contributed by atoms with Gasteiger partial charge in [-0.15, -0.1) is 0 Å². The quantitative estimate of drug-likeness (QED) is 0.764. The highest BCUT2D eigenvalue weighted by Crippen LogP contribution is 2.33. The molecule has 5 heteroatoms. The maximum atomic E-state index is 10.7. The summed E-state index contributed by atoms with van der Waals surface area (Å²) in [6, 6.07) is 12.1. The van der Waals surface area contributed by atoms with Crippen molar-refractivity contribution in [2.75, 3.05) is 6.61 Å². The monoisotopic (exact) mass is 360 g/mol. The molecule has 114 valence electrons. The third-order valence-corrected chi connectivity index (χ3v) is 4.23. The number of carbonyl (C=O) groups is 1. The molecule has 0 fully saturated rings. The van der Waals surface area contributed by atoms with Crippen LogP contribution in [0.4, 0.5) is 0 Å². The Morgan fingerprint density at radius 3 is 2.82 bits per heavy atom. The fraction of sp³-hybridized carbons (Fsp3) is 0.294. The van der Waals surface area contributed by atoms with Gasteiger partial charge in [-0.1, -0.05) is 24.3 Å². The number of ether oxygens (including phenoxy) is 1. The number of carbonyl (C=O) groups excluding carboxylic acids is 1. The van der Waals surface area contributed by atoms with Gasteiger partial charge in [0, 0.05) is 6.42 Å². The fourth-order valence-electron chi connectivity index (χ4n) is 2.33. The summed E-state index contributed by atoms with van der Waals surface area (Å²) in [5.74, 6) is 0.426. The van der Waals surface area contributed by atoms with E-state index in [0.29, 0.717) is 12.2 Å². The maximum absolute atomic E-state index is 10.7. The van der Waals surface area contributed by atoms with Crippen LogP contribution in [0, 0.1) is 11.3 Å². The van der Waals surface area contributed by atoms with Crippen molar-refractivity contribution in [3.05, 3.63) is 40.4 Å². The number of hydrogen-bond acceptors (Lipinski definition) is 3. The molecular weight excluding hydrogens is 344 g/mol. The molecule has 0 heterocycles. The second-order valence-corrected chi connectivity index (χ2v) is 5.85. The Labute approximate surface area is 138 Å². The average Bonchev–Trinajstić information content (AvgIpc) is 2.51. The third-order valence-electron chi connectivity index (χ3n) is 3.41. The summed E-state index contributed by atoms with van der Waals surface area (Å²) in [5.41, 5.74) is 6.37. The van der Waals surface area contributed by atoms with Crippen LogP contribution in [0.15, 0.2) is 34.8 Å². The van der Waals surface area contributed by atoms with E-state index >= 15 is 0 Å². The molecule has 4 nitrogen and oxygen atoms in total. The van der Waals surface area contributed by atoms with E-state index in [4.69, 9.17) is 15.7 Å². The molecule has 0 aliphatic rings. The highest BCUT2D eigenvalue weighted by molar-refractivity contribution is 9.10. The number of halogens is 1. The lowest BCUT2D eigenvalue weighted by Crippen LogP contribution is -2.09. The third kappa shape index (κ3) is 4.22. The Kier molecular flexibility index (Phi) is 5.79. The van der Waals surface area contributed by atoms with E-state index in [2.05, 4.69) is 28.1 Å². The van der Waals surface area contributed by atoms with Crippen LogP contribution < -0.4 is 10.5 Å². The molecule has 0 radical (unpaired) electrons. The number of primary amides is 1. The van der Waals surface area contributed by atoms with Crippen molar-refractivity contribution in [1.82, 2.24) is 0 Å². The first-order valence-corrected chi connectivity index (χ1v) is 7.90. The predicted octanol–water partition coefficient (Wildman–Crippen LogP) is 3.70.